The molecule has 3 aromatic rings. The average molecular weight is 344 g/mol. The Hall–Kier alpha value is -2.18. The van der Waals surface area contributed by atoms with E-state index in [0.717, 1.165) is 37.3 Å². The van der Waals surface area contributed by atoms with Gasteiger partial charge in [-0.1, -0.05) is 23.7 Å². The zero-order valence-electron chi connectivity index (χ0n) is 13.2. The summed E-state index contributed by atoms with van der Waals surface area (Å²) in [6.07, 6.45) is 7.42. The first-order chi connectivity index (χ1) is 11.8. The lowest BCUT2D eigenvalue weighted by molar-refractivity contribution is 0.216. The summed E-state index contributed by atoms with van der Waals surface area (Å²) in [5.74, 6) is 0.572. The molecule has 0 amide bonds. The Morgan fingerprint density at radius 2 is 2.21 bits per heavy atom. The lowest BCUT2D eigenvalue weighted by atomic mass is 10.2. The molecule has 1 aliphatic heterocycles. The molecule has 0 unspecified atom stereocenters. The summed E-state index contributed by atoms with van der Waals surface area (Å²) in [5, 5.41) is 4.85. The van der Waals surface area contributed by atoms with Gasteiger partial charge in [0.05, 0.1) is 22.8 Å². The van der Waals surface area contributed by atoms with Crippen molar-refractivity contribution < 1.29 is 4.42 Å². The molecule has 0 radical (unpaired) electrons. The third-order valence-corrected chi connectivity index (χ3v) is 4.71. The molecule has 2 aromatic heterocycles. The van der Waals surface area contributed by atoms with Crippen molar-refractivity contribution in [1.29, 1.82) is 0 Å². The lowest BCUT2D eigenvalue weighted by Gasteiger charge is -2.23. The molecule has 0 aliphatic carbocycles. The zero-order chi connectivity index (χ0) is 16.4. The van der Waals surface area contributed by atoms with Crippen molar-refractivity contribution in [1.82, 2.24) is 24.6 Å². The number of oxazole rings is 1. The van der Waals surface area contributed by atoms with Gasteiger partial charge in [0, 0.05) is 12.6 Å². The summed E-state index contributed by atoms with van der Waals surface area (Å²) in [4.78, 5) is 11.0. The molecule has 6 nitrogen and oxygen atoms in total. The molecule has 1 aromatic carbocycles. The number of rotatable bonds is 5. The maximum atomic E-state index is 6.21. The molecule has 124 valence electrons. The highest BCUT2D eigenvalue weighted by molar-refractivity contribution is 6.33. The van der Waals surface area contributed by atoms with Gasteiger partial charge in [0.2, 0.25) is 5.89 Å². The van der Waals surface area contributed by atoms with Crippen LogP contribution in [0.25, 0.3) is 11.5 Å². The number of halogens is 1. The average Bonchev–Trinajstić information content (AvgIpc) is 3.32. The minimum absolute atomic E-state index is 0.451. The first-order valence-corrected chi connectivity index (χ1v) is 8.43. The molecule has 3 heterocycles. The van der Waals surface area contributed by atoms with Crippen molar-refractivity contribution in [3.8, 4) is 11.5 Å². The Bertz CT molecular complexity index is 801. The van der Waals surface area contributed by atoms with Crippen molar-refractivity contribution >= 4 is 11.6 Å². The molecule has 1 atom stereocenters. The second-order valence-electron chi connectivity index (χ2n) is 6.01. The topological polar surface area (TPSA) is 60.0 Å². The second kappa shape index (κ2) is 6.75. The van der Waals surface area contributed by atoms with Crippen LogP contribution in [0.4, 0.5) is 0 Å². The monoisotopic (exact) mass is 343 g/mol. The van der Waals surface area contributed by atoms with Gasteiger partial charge in [-0.2, -0.15) is 5.10 Å². The Labute approximate surface area is 145 Å². The van der Waals surface area contributed by atoms with Crippen LogP contribution in [0.1, 0.15) is 18.5 Å². The summed E-state index contributed by atoms with van der Waals surface area (Å²) < 4.78 is 7.52. The lowest BCUT2D eigenvalue weighted by Crippen LogP contribution is -2.32. The number of aromatic nitrogens is 4. The van der Waals surface area contributed by atoms with E-state index in [9.17, 15) is 0 Å². The Morgan fingerprint density at radius 1 is 1.29 bits per heavy atom. The van der Waals surface area contributed by atoms with E-state index in [-0.39, 0.29) is 0 Å². The SMILES string of the molecule is Clc1ccccc1-c1nc(CN2CCC[C@H]2Cn2cncn2)co1. The van der Waals surface area contributed by atoms with E-state index < -0.39 is 0 Å². The van der Waals surface area contributed by atoms with E-state index in [0.29, 0.717) is 17.0 Å². The van der Waals surface area contributed by atoms with Crippen LogP contribution in [-0.4, -0.2) is 37.2 Å². The quantitative estimate of drug-likeness (QED) is 0.711. The number of likely N-dealkylation sites (tertiary alicyclic amines) is 1. The van der Waals surface area contributed by atoms with Crippen molar-refractivity contribution in [2.45, 2.75) is 32.0 Å². The number of hydrogen-bond acceptors (Lipinski definition) is 5. The first-order valence-electron chi connectivity index (χ1n) is 8.05. The van der Waals surface area contributed by atoms with E-state index in [1.165, 1.54) is 6.42 Å². The fourth-order valence-corrected chi connectivity index (χ4v) is 3.42. The van der Waals surface area contributed by atoms with Gasteiger partial charge in [0.15, 0.2) is 0 Å². The van der Waals surface area contributed by atoms with Crippen molar-refractivity contribution in [2.75, 3.05) is 6.54 Å². The Balaban J connectivity index is 1.46. The van der Waals surface area contributed by atoms with Gasteiger partial charge >= 0.3 is 0 Å². The predicted octanol–water partition coefficient (Wildman–Crippen LogP) is 3.25. The minimum Gasteiger partial charge on any atom is -0.444 e. The van der Waals surface area contributed by atoms with Crippen molar-refractivity contribution in [2.24, 2.45) is 0 Å². The summed E-state index contributed by atoms with van der Waals surface area (Å²) in [6.45, 7) is 2.69. The van der Waals surface area contributed by atoms with Gasteiger partial charge < -0.3 is 4.42 Å². The molecule has 1 fully saturated rings. The molecule has 0 spiro atoms. The largest absolute Gasteiger partial charge is 0.444 e. The number of hydrogen-bond donors (Lipinski definition) is 0. The van der Waals surface area contributed by atoms with Crippen LogP contribution in [0.2, 0.25) is 5.02 Å². The number of nitrogens with zero attached hydrogens (tertiary/aromatic N) is 5. The normalized spacial score (nSPS) is 18.3. The third-order valence-electron chi connectivity index (χ3n) is 4.38. The highest BCUT2D eigenvalue weighted by Crippen LogP contribution is 2.28. The molecule has 0 saturated carbocycles. The van der Waals surface area contributed by atoms with E-state index in [1.807, 2.05) is 28.9 Å². The van der Waals surface area contributed by atoms with Crippen LogP contribution >= 0.6 is 11.6 Å². The Kier molecular flexibility index (Phi) is 4.32. The van der Waals surface area contributed by atoms with Gasteiger partial charge in [-0.05, 0) is 31.5 Å². The smallest absolute Gasteiger partial charge is 0.227 e. The van der Waals surface area contributed by atoms with Crippen LogP contribution in [0, 0.1) is 0 Å². The van der Waals surface area contributed by atoms with Crippen LogP contribution in [0.15, 0.2) is 47.6 Å². The van der Waals surface area contributed by atoms with Crippen molar-refractivity contribution in [3.63, 3.8) is 0 Å². The Morgan fingerprint density at radius 3 is 3.04 bits per heavy atom. The van der Waals surface area contributed by atoms with E-state index in [4.69, 9.17) is 16.0 Å². The van der Waals surface area contributed by atoms with Crippen LogP contribution in [0.5, 0.6) is 0 Å². The second-order valence-corrected chi connectivity index (χ2v) is 6.42. The maximum absolute atomic E-state index is 6.21. The maximum Gasteiger partial charge on any atom is 0.227 e. The summed E-state index contributed by atoms with van der Waals surface area (Å²) in [6, 6.07) is 8.04. The van der Waals surface area contributed by atoms with E-state index in [2.05, 4.69) is 20.0 Å². The fraction of sp³-hybridized carbons (Fsp3) is 0.353. The zero-order valence-corrected chi connectivity index (χ0v) is 13.9. The van der Waals surface area contributed by atoms with Crippen molar-refractivity contribution in [3.05, 3.63) is 53.9 Å². The van der Waals surface area contributed by atoms with Crippen LogP contribution in [0.3, 0.4) is 0 Å². The molecule has 1 saturated heterocycles. The van der Waals surface area contributed by atoms with Gasteiger partial charge in [-0.3, -0.25) is 9.58 Å². The van der Waals surface area contributed by atoms with Crippen LogP contribution < -0.4 is 0 Å². The summed E-state index contributed by atoms with van der Waals surface area (Å²) in [5.41, 5.74) is 1.75. The summed E-state index contributed by atoms with van der Waals surface area (Å²) in [7, 11) is 0. The molecule has 1 aliphatic rings. The molecular weight excluding hydrogens is 326 g/mol. The predicted molar refractivity (Wildman–Crippen MR) is 90.4 cm³/mol. The molecule has 24 heavy (non-hydrogen) atoms. The number of benzene rings is 1. The highest BCUT2D eigenvalue weighted by Gasteiger charge is 2.26. The highest BCUT2D eigenvalue weighted by atomic mass is 35.5. The fourth-order valence-electron chi connectivity index (χ4n) is 3.20. The minimum atomic E-state index is 0.451. The van der Waals surface area contributed by atoms with Gasteiger partial charge in [-0.25, -0.2) is 9.97 Å². The molecule has 4 rings (SSSR count). The summed E-state index contributed by atoms with van der Waals surface area (Å²) >= 11 is 6.21. The molecule has 7 heteroatoms. The molecule has 0 N–H and O–H groups in total. The van der Waals surface area contributed by atoms with Gasteiger partial charge in [0.1, 0.15) is 18.9 Å². The molecule has 0 bridgehead atoms. The first kappa shape index (κ1) is 15.4. The molecular formula is C17H18ClN5O. The third kappa shape index (κ3) is 3.20. The van der Waals surface area contributed by atoms with Gasteiger partial charge in [0.25, 0.3) is 0 Å². The van der Waals surface area contributed by atoms with Gasteiger partial charge in [-0.15, -0.1) is 0 Å². The van der Waals surface area contributed by atoms with Crippen LogP contribution in [-0.2, 0) is 13.1 Å². The van der Waals surface area contributed by atoms with E-state index >= 15 is 0 Å². The standard InChI is InChI=1S/C17H18ClN5O/c18-16-6-2-1-5-15(16)17-21-13(10-24-17)8-22-7-3-4-14(22)9-23-12-19-11-20-23/h1-2,5-6,10-12,14H,3-4,7-9H2/t14-/m0/s1. The van der Waals surface area contributed by atoms with E-state index in [1.54, 1.807) is 18.9 Å².